The van der Waals surface area contributed by atoms with Gasteiger partial charge in [-0.3, -0.25) is 4.79 Å². The number of ether oxygens (including phenoxy) is 1. The molecule has 0 heterocycles. The molecule has 12 heavy (non-hydrogen) atoms. The van der Waals surface area contributed by atoms with E-state index in [1.807, 2.05) is 13.8 Å². The number of carbonyl (C=O) groups excluding carboxylic acids is 1. The molecular weight excluding hydrogens is 152 g/mol. The molecule has 0 aliphatic rings. The van der Waals surface area contributed by atoms with Crippen molar-refractivity contribution < 1.29 is 9.53 Å². The van der Waals surface area contributed by atoms with Crippen molar-refractivity contribution in [1.29, 1.82) is 0 Å². The molecule has 0 rings (SSSR count). The average Bonchev–Trinajstić information content (AvgIpc) is 2.03. The maximum absolute atomic E-state index is 11.2. The van der Waals surface area contributed by atoms with Crippen LogP contribution in [0, 0.1) is 5.92 Å². The first-order valence-electron chi connectivity index (χ1n) is 4.79. The van der Waals surface area contributed by atoms with Crippen molar-refractivity contribution in [2.45, 2.75) is 53.1 Å². The second kappa shape index (κ2) is 6.04. The first-order chi connectivity index (χ1) is 5.60. The van der Waals surface area contributed by atoms with Gasteiger partial charge in [0.05, 0.1) is 6.10 Å². The molecule has 0 N–H and O–H groups in total. The molecule has 0 bridgehead atoms. The maximum Gasteiger partial charge on any atom is 0.306 e. The second-order valence-electron chi connectivity index (χ2n) is 3.43. The van der Waals surface area contributed by atoms with Crippen LogP contribution in [-0.4, -0.2) is 12.1 Å². The van der Waals surface area contributed by atoms with Crippen molar-refractivity contribution in [2.24, 2.45) is 5.92 Å². The third-order valence-corrected chi connectivity index (χ3v) is 2.12. The molecule has 0 spiro atoms. The van der Waals surface area contributed by atoms with Gasteiger partial charge >= 0.3 is 5.97 Å². The van der Waals surface area contributed by atoms with Crippen LogP contribution in [0.5, 0.6) is 0 Å². The summed E-state index contributed by atoms with van der Waals surface area (Å²) in [7, 11) is 0. The summed E-state index contributed by atoms with van der Waals surface area (Å²) in [6.07, 6.45) is 2.56. The highest BCUT2D eigenvalue weighted by molar-refractivity contribution is 5.69. The molecule has 0 aromatic rings. The van der Waals surface area contributed by atoms with Crippen LogP contribution in [-0.2, 0) is 9.53 Å². The summed E-state index contributed by atoms with van der Waals surface area (Å²) in [4.78, 5) is 11.2. The van der Waals surface area contributed by atoms with Gasteiger partial charge in [-0.15, -0.1) is 0 Å². The van der Waals surface area contributed by atoms with Crippen LogP contribution in [0.3, 0.4) is 0 Å². The zero-order chi connectivity index (χ0) is 9.56. The van der Waals surface area contributed by atoms with Crippen LogP contribution in [0.4, 0.5) is 0 Å². The highest BCUT2D eigenvalue weighted by Gasteiger charge is 2.10. The third-order valence-electron chi connectivity index (χ3n) is 2.12. The summed E-state index contributed by atoms with van der Waals surface area (Å²) in [6.45, 7) is 8.09. The molecule has 0 aliphatic carbocycles. The summed E-state index contributed by atoms with van der Waals surface area (Å²) in [5.41, 5.74) is 0. The van der Waals surface area contributed by atoms with E-state index >= 15 is 0 Å². The second-order valence-corrected chi connectivity index (χ2v) is 3.43. The minimum absolute atomic E-state index is 0.0568. The van der Waals surface area contributed by atoms with E-state index in [1.165, 1.54) is 0 Å². The van der Waals surface area contributed by atoms with Crippen LogP contribution >= 0.6 is 0 Å². The van der Waals surface area contributed by atoms with Crippen molar-refractivity contribution in [2.75, 3.05) is 0 Å². The molecule has 0 radical (unpaired) electrons. The van der Waals surface area contributed by atoms with Crippen LogP contribution in [0.15, 0.2) is 0 Å². The average molecular weight is 172 g/mol. The van der Waals surface area contributed by atoms with E-state index in [9.17, 15) is 4.79 Å². The first-order valence-corrected chi connectivity index (χ1v) is 4.79. The van der Waals surface area contributed by atoms with E-state index in [1.54, 1.807) is 0 Å². The Labute approximate surface area is 75.3 Å². The van der Waals surface area contributed by atoms with Gasteiger partial charge in [-0.25, -0.2) is 0 Å². The molecule has 0 saturated heterocycles. The van der Waals surface area contributed by atoms with Crippen molar-refractivity contribution in [3.8, 4) is 0 Å². The smallest absolute Gasteiger partial charge is 0.306 e. The van der Waals surface area contributed by atoms with E-state index < -0.39 is 0 Å². The van der Waals surface area contributed by atoms with Crippen molar-refractivity contribution in [3.63, 3.8) is 0 Å². The molecule has 0 amide bonds. The zero-order valence-electron chi connectivity index (χ0n) is 8.59. The third kappa shape index (κ3) is 5.16. The minimum atomic E-state index is -0.0568. The summed E-state index contributed by atoms with van der Waals surface area (Å²) in [5.74, 6) is 0.389. The van der Waals surface area contributed by atoms with Crippen molar-refractivity contribution in [1.82, 2.24) is 0 Å². The minimum Gasteiger partial charge on any atom is -0.463 e. The Kier molecular flexibility index (Phi) is 5.77. The number of rotatable bonds is 5. The van der Waals surface area contributed by atoms with Gasteiger partial charge in [0.1, 0.15) is 0 Å². The van der Waals surface area contributed by atoms with Gasteiger partial charge in [0.25, 0.3) is 0 Å². The predicted octanol–water partition coefficient (Wildman–Crippen LogP) is 2.76. The van der Waals surface area contributed by atoms with Gasteiger partial charge in [-0.05, 0) is 19.3 Å². The van der Waals surface area contributed by atoms with E-state index in [-0.39, 0.29) is 12.1 Å². The lowest BCUT2D eigenvalue weighted by atomic mass is 10.1. The molecule has 2 atom stereocenters. The van der Waals surface area contributed by atoms with Gasteiger partial charge in [0, 0.05) is 6.42 Å². The van der Waals surface area contributed by atoms with E-state index in [4.69, 9.17) is 4.74 Å². The zero-order valence-corrected chi connectivity index (χ0v) is 8.59. The summed E-state index contributed by atoms with van der Waals surface area (Å²) < 4.78 is 5.13. The monoisotopic (exact) mass is 172 g/mol. The number of esters is 1. The molecule has 2 heteroatoms. The maximum atomic E-state index is 11.2. The number of hydrogen-bond donors (Lipinski definition) is 0. The Balaban J connectivity index is 3.59. The van der Waals surface area contributed by atoms with Crippen molar-refractivity contribution >= 4 is 5.97 Å². The Morgan fingerprint density at radius 2 is 1.83 bits per heavy atom. The molecule has 2 nitrogen and oxygen atoms in total. The van der Waals surface area contributed by atoms with Crippen LogP contribution < -0.4 is 0 Å². The van der Waals surface area contributed by atoms with Crippen LogP contribution in [0.1, 0.15) is 47.0 Å². The fraction of sp³-hybridized carbons (Fsp3) is 0.900. The van der Waals surface area contributed by atoms with E-state index in [0.717, 1.165) is 12.8 Å². The molecule has 1 unspecified atom stereocenters. The fourth-order valence-corrected chi connectivity index (χ4v) is 0.785. The molecule has 0 saturated carbocycles. The van der Waals surface area contributed by atoms with Crippen LogP contribution in [0.2, 0.25) is 0 Å². The Morgan fingerprint density at radius 3 is 2.25 bits per heavy atom. The highest BCUT2D eigenvalue weighted by Crippen LogP contribution is 2.09. The highest BCUT2D eigenvalue weighted by atomic mass is 16.5. The number of hydrogen-bond acceptors (Lipinski definition) is 2. The fourth-order valence-electron chi connectivity index (χ4n) is 0.785. The first kappa shape index (κ1) is 11.5. The molecule has 72 valence electrons. The SMILES string of the molecule is CCC(C)CC(=O)O[C@H](C)CC. The lowest BCUT2D eigenvalue weighted by Gasteiger charge is -2.12. The largest absolute Gasteiger partial charge is 0.463 e. The molecule has 0 fully saturated rings. The Bertz CT molecular complexity index is 118. The van der Waals surface area contributed by atoms with Crippen molar-refractivity contribution in [3.05, 3.63) is 0 Å². The quantitative estimate of drug-likeness (QED) is 0.596. The van der Waals surface area contributed by atoms with Crippen LogP contribution in [0.25, 0.3) is 0 Å². The molecular formula is C10H20O2. The van der Waals surface area contributed by atoms with Gasteiger partial charge in [-0.1, -0.05) is 27.2 Å². The number of carbonyl (C=O) groups is 1. The summed E-state index contributed by atoms with van der Waals surface area (Å²) >= 11 is 0. The Hall–Kier alpha value is -0.530. The van der Waals surface area contributed by atoms with E-state index in [0.29, 0.717) is 12.3 Å². The standard InChI is InChI=1S/C10H20O2/c1-5-8(3)7-10(11)12-9(4)6-2/h8-9H,5-7H2,1-4H3/t8?,9-/m1/s1. The van der Waals surface area contributed by atoms with Gasteiger partial charge in [0.2, 0.25) is 0 Å². The summed E-state index contributed by atoms with van der Waals surface area (Å²) in [5, 5.41) is 0. The van der Waals surface area contributed by atoms with Gasteiger partial charge in [-0.2, -0.15) is 0 Å². The van der Waals surface area contributed by atoms with Gasteiger partial charge < -0.3 is 4.74 Å². The normalized spacial score (nSPS) is 15.3. The predicted molar refractivity (Wildman–Crippen MR) is 49.9 cm³/mol. The molecule has 0 aromatic heterocycles. The topological polar surface area (TPSA) is 26.3 Å². The van der Waals surface area contributed by atoms with E-state index in [2.05, 4.69) is 13.8 Å². The van der Waals surface area contributed by atoms with Gasteiger partial charge in [0.15, 0.2) is 0 Å². The summed E-state index contributed by atoms with van der Waals surface area (Å²) in [6, 6.07) is 0. The Morgan fingerprint density at radius 1 is 1.25 bits per heavy atom. The molecule has 0 aliphatic heterocycles. The lowest BCUT2D eigenvalue weighted by Crippen LogP contribution is -2.15. The lowest BCUT2D eigenvalue weighted by molar-refractivity contribution is -0.149. The molecule has 0 aromatic carbocycles.